The van der Waals surface area contributed by atoms with E-state index in [4.69, 9.17) is 4.74 Å². The van der Waals surface area contributed by atoms with Crippen LogP contribution in [0.5, 0.6) is 5.75 Å². The number of hydrogen-bond donors (Lipinski definition) is 2. The van der Waals surface area contributed by atoms with Gasteiger partial charge < -0.3 is 14.9 Å². The van der Waals surface area contributed by atoms with Crippen LogP contribution in [-0.2, 0) is 6.42 Å². The second-order valence-electron chi connectivity index (χ2n) is 7.88. The van der Waals surface area contributed by atoms with E-state index < -0.39 is 11.5 Å². The van der Waals surface area contributed by atoms with E-state index in [2.05, 4.69) is 43.0 Å². The standard InChI is InChI=1S/C23H31NO3/c1-18-8-9-21(19(2)14-18)27-13-12-24-11-10-22(26)23(16-24,17-25)15-20-6-4-3-5-7-20/h3-9,14,22,25-26H,10-13,15-17H2,1-2H3/t22-,23+/m0/s1. The molecule has 2 aromatic carbocycles. The maximum absolute atomic E-state index is 10.6. The van der Waals surface area contributed by atoms with Crippen molar-refractivity contribution in [2.24, 2.45) is 5.41 Å². The lowest BCUT2D eigenvalue weighted by Crippen LogP contribution is -2.55. The number of ether oxygens (including phenoxy) is 1. The molecule has 4 heteroatoms. The van der Waals surface area contributed by atoms with E-state index >= 15 is 0 Å². The molecular weight excluding hydrogens is 338 g/mol. The lowest BCUT2D eigenvalue weighted by molar-refractivity contribution is -0.0763. The van der Waals surface area contributed by atoms with E-state index in [0.29, 0.717) is 26.0 Å². The van der Waals surface area contributed by atoms with Crippen LogP contribution in [-0.4, -0.2) is 54.1 Å². The van der Waals surface area contributed by atoms with Gasteiger partial charge in [0.2, 0.25) is 0 Å². The van der Waals surface area contributed by atoms with Gasteiger partial charge in [-0.1, -0.05) is 48.0 Å². The van der Waals surface area contributed by atoms with Crippen molar-refractivity contribution in [1.82, 2.24) is 4.90 Å². The summed E-state index contributed by atoms with van der Waals surface area (Å²) in [5, 5.41) is 20.8. The number of aliphatic hydroxyl groups excluding tert-OH is 2. The van der Waals surface area contributed by atoms with Gasteiger partial charge in [0.15, 0.2) is 0 Å². The zero-order valence-electron chi connectivity index (χ0n) is 16.4. The van der Waals surface area contributed by atoms with Gasteiger partial charge in [0.25, 0.3) is 0 Å². The number of likely N-dealkylation sites (tertiary alicyclic amines) is 1. The Morgan fingerprint density at radius 2 is 1.93 bits per heavy atom. The van der Waals surface area contributed by atoms with Crippen molar-refractivity contribution < 1.29 is 14.9 Å². The van der Waals surface area contributed by atoms with Gasteiger partial charge in [-0.25, -0.2) is 0 Å². The van der Waals surface area contributed by atoms with Gasteiger partial charge in [-0.2, -0.15) is 0 Å². The van der Waals surface area contributed by atoms with Gasteiger partial charge in [-0.15, -0.1) is 0 Å². The largest absolute Gasteiger partial charge is 0.492 e. The van der Waals surface area contributed by atoms with Gasteiger partial charge in [-0.3, -0.25) is 4.90 Å². The Morgan fingerprint density at radius 1 is 1.15 bits per heavy atom. The molecule has 1 heterocycles. The Hall–Kier alpha value is -1.88. The van der Waals surface area contributed by atoms with E-state index in [-0.39, 0.29) is 6.61 Å². The summed E-state index contributed by atoms with van der Waals surface area (Å²) >= 11 is 0. The van der Waals surface area contributed by atoms with E-state index in [1.54, 1.807) is 0 Å². The first-order valence-electron chi connectivity index (χ1n) is 9.78. The normalized spacial score (nSPS) is 23.3. The topological polar surface area (TPSA) is 52.9 Å². The molecule has 1 aliphatic rings. The van der Waals surface area contributed by atoms with Crippen LogP contribution in [0.25, 0.3) is 0 Å². The van der Waals surface area contributed by atoms with Gasteiger partial charge in [0, 0.05) is 25.0 Å². The number of hydrogen-bond acceptors (Lipinski definition) is 4. The fraction of sp³-hybridized carbons (Fsp3) is 0.478. The SMILES string of the molecule is Cc1ccc(OCCN2CC[C@H](O)[C@](CO)(Cc3ccccc3)C2)c(C)c1. The highest BCUT2D eigenvalue weighted by molar-refractivity contribution is 5.35. The minimum Gasteiger partial charge on any atom is -0.492 e. The highest BCUT2D eigenvalue weighted by Crippen LogP contribution is 2.33. The third kappa shape index (κ3) is 4.89. The van der Waals surface area contributed by atoms with Crippen LogP contribution in [0.1, 0.15) is 23.1 Å². The van der Waals surface area contributed by atoms with Crippen molar-refractivity contribution in [3.63, 3.8) is 0 Å². The van der Waals surface area contributed by atoms with Crippen molar-refractivity contribution in [2.45, 2.75) is 32.8 Å². The molecule has 2 N–H and O–H groups in total. The van der Waals surface area contributed by atoms with Crippen molar-refractivity contribution in [1.29, 1.82) is 0 Å². The molecule has 2 atom stereocenters. The molecule has 0 spiro atoms. The van der Waals surface area contributed by atoms with Crippen LogP contribution in [0.3, 0.4) is 0 Å². The van der Waals surface area contributed by atoms with Crippen LogP contribution < -0.4 is 4.74 Å². The van der Waals surface area contributed by atoms with Gasteiger partial charge in [0.1, 0.15) is 12.4 Å². The molecule has 0 unspecified atom stereocenters. The van der Waals surface area contributed by atoms with Crippen LogP contribution in [0.4, 0.5) is 0 Å². The highest BCUT2D eigenvalue weighted by Gasteiger charge is 2.42. The third-order valence-electron chi connectivity index (χ3n) is 5.67. The Labute approximate surface area is 162 Å². The molecule has 4 nitrogen and oxygen atoms in total. The molecule has 0 saturated carbocycles. The summed E-state index contributed by atoms with van der Waals surface area (Å²) in [6.07, 6.45) is 0.871. The number of rotatable bonds is 7. The Kier molecular flexibility index (Phi) is 6.53. The average Bonchev–Trinajstić information content (AvgIpc) is 2.67. The van der Waals surface area contributed by atoms with Crippen LogP contribution >= 0.6 is 0 Å². The van der Waals surface area contributed by atoms with Gasteiger partial charge in [0.05, 0.1) is 12.7 Å². The van der Waals surface area contributed by atoms with Crippen LogP contribution in [0.2, 0.25) is 0 Å². The summed E-state index contributed by atoms with van der Waals surface area (Å²) in [5.74, 6) is 0.926. The Balaban J connectivity index is 1.60. The molecular formula is C23H31NO3. The second kappa shape index (κ2) is 8.87. The maximum Gasteiger partial charge on any atom is 0.122 e. The summed E-state index contributed by atoms with van der Waals surface area (Å²) in [6.45, 7) is 7.03. The first-order chi connectivity index (χ1) is 13.0. The first-order valence-corrected chi connectivity index (χ1v) is 9.78. The van der Waals surface area contributed by atoms with Crippen molar-refractivity contribution in [2.75, 3.05) is 32.8 Å². The molecule has 1 fully saturated rings. The Morgan fingerprint density at radius 3 is 2.63 bits per heavy atom. The molecule has 0 aromatic heterocycles. The monoisotopic (exact) mass is 369 g/mol. The lowest BCUT2D eigenvalue weighted by atomic mass is 9.73. The summed E-state index contributed by atoms with van der Waals surface area (Å²) in [4.78, 5) is 2.30. The summed E-state index contributed by atoms with van der Waals surface area (Å²) in [6, 6.07) is 16.3. The van der Waals surface area contributed by atoms with Crippen LogP contribution in [0.15, 0.2) is 48.5 Å². The summed E-state index contributed by atoms with van der Waals surface area (Å²) in [5.41, 5.74) is 3.02. The van der Waals surface area contributed by atoms with Crippen molar-refractivity contribution >= 4 is 0 Å². The number of aryl methyl sites for hydroxylation is 2. The minimum absolute atomic E-state index is 0.0164. The Bertz CT molecular complexity index is 734. The zero-order chi connectivity index (χ0) is 19.3. The molecule has 0 aliphatic carbocycles. The second-order valence-corrected chi connectivity index (χ2v) is 7.88. The molecule has 0 radical (unpaired) electrons. The predicted octanol–water partition coefficient (Wildman–Crippen LogP) is 2.97. The quantitative estimate of drug-likeness (QED) is 0.788. The molecule has 1 aliphatic heterocycles. The fourth-order valence-electron chi connectivity index (χ4n) is 4.07. The first kappa shape index (κ1) is 19.9. The number of piperidine rings is 1. The van der Waals surface area contributed by atoms with Gasteiger partial charge >= 0.3 is 0 Å². The van der Waals surface area contributed by atoms with E-state index in [1.165, 1.54) is 5.56 Å². The minimum atomic E-state index is -0.515. The maximum atomic E-state index is 10.6. The number of nitrogens with zero attached hydrogens (tertiary/aromatic N) is 1. The van der Waals surface area contributed by atoms with Crippen LogP contribution in [0, 0.1) is 19.3 Å². The molecule has 2 aromatic rings. The molecule has 3 rings (SSSR count). The number of aliphatic hydroxyl groups is 2. The molecule has 27 heavy (non-hydrogen) atoms. The third-order valence-corrected chi connectivity index (χ3v) is 5.67. The summed E-state index contributed by atoms with van der Waals surface area (Å²) in [7, 11) is 0. The highest BCUT2D eigenvalue weighted by atomic mass is 16.5. The van der Waals surface area contributed by atoms with E-state index in [1.807, 2.05) is 24.3 Å². The molecule has 0 amide bonds. The van der Waals surface area contributed by atoms with Crippen molar-refractivity contribution in [3.05, 3.63) is 65.2 Å². The average molecular weight is 370 g/mol. The lowest BCUT2D eigenvalue weighted by Gasteiger charge is -2.45. The van der Waals surface area contributed by atoms with Crippen molar-refractivity contribution in [3.8, 4) is 5.75 Å². The van der Waals surface area contributed by atoms with E-state index in [0.717, 1.165) is 30.0 Å². The molecule has 0 bridgehead atoms. The summed E-state index contributed by atoms with van der Waals surface area (Å²) < 4.78 is 5.97. The smallest absolute Gasteiger partial charge is 0.122 e. The fourth-order valence-corrected chi connectivity index (χ4v) is 4.07. The molecule has 1 saturated heterocycles. The zero-order valence-corrected chi connectivity index (χ0v) is 16.4. The van der Waals surface area contributed by atoms with Gasteiger partial charge in [-0.05, 0) is 43.9 Å². The molecule has 146 valence electrons. The predicted molar refractivity (Wildman–Crippen MR) is 108 cm³/mol. The van der Waals surface area contributed by atoms with E-state index in [9.17, 15) is 10.2 Å². The number of benzene rings is 2.